The summed E-state index contributed by atoms with van der Waals surface area (Å²) in [6, 6.07) is 0. The summed E-state index contributed by atoms with van der Waals surface area (Å²) in [5, 5.41) is 8.43. The second kappa shape index (κ2) is 5.72. The van der Waals surface area contributed by atoms with Gasteiger partial charge in [0, 0.05) is 6.42 Å². The highest BCUT2D eigenvalue weighted by molar-refractivity contribution is 8.00. The van der Waals surface area contributed by atoms with Crippen LogP contribution in [0.25, 0.3) is 0 Å². The van der Waals surface area contributed by atoms with Crippen molar-refractivity contribution in [2.75, 3.05) is 6.26 Å². The van der Waals surface area contributed by atoms with Gasteiger partial charge in [-0.15, -0.1) is 10.2 Å². The topological polar surface area (TPSA) is 56.0 Å². The van der Waals surface area contributed by atoms with Crippen LogP contribution < -0.4 is 0 Å². The first-order valence-electron chi connectivity index (χ1n) is 5.30. The van der Waals surface area contributed by atoms with Crippen molar-refractivity contribution in [1.82, 2.24) is 10.2 Å². The molecule has 1 unspecified atom stereocenters. The number of aromatic nitrogens is 2. The van der Waals surface area contributed by atoms with E-state index < -0.39 is 0 Å². The Kier molecular flexibility index (Phi) is 4.29. The highest BCUT2D eigenvalue weighted by atomic mass is 32.2. The second-order valence-electron chi connectivity index (χ2n) is 3.71. The Balaban J connectivity index is 1.94. The molecule has 0 N–H and O–H groups in total. The smallest absolute Gasteiger partial charge is 0.277 e. The number of thioether (sulfide) groups is 2. The number of hydrogen-bond donors (Lipinski definition) is 0. The summed E-state index contributed by atoms with van der Waals surface area (Å²) in [5.41, 5.74) is 0. The molecule has 0 saturated heterocycles. The molecular formula is C10H14N2O2S2. The lowest BCUT2D eigenvalue weighted by atomic mass is 9.99. The maximum atomic E-state index is 11.6. The van der Waals surface area contributed by atoms with E-state index in [0.717, 1.165) is 25.0 Å². The maximum Gasteiger partial charge on any atom is 0.277 e. The number of carbonyl (C=O) groups is 1. The van der Waals surface area contributed by atoms with E-state index in [-0.39, 0.29) is 5.25 Å². The molecule has 1 atom stereocenters. The van der Waals surface area contributed by atoms with Gasteiger partial charge in [-0.2, -0.15) is 11.8 Å². The van der Waals surface area contributed by atoms with Crippen molar-refractivity contribution in [3.8, 4) is 0 Å². The molecule has 6 heteroatoms. The van der Waals surface area contributed by atoms with E-state index in [0.29, 0.717) is 23.3 Å². The molecule has 4 nitrogen and oxygen atoms in total. The van der Waals surface area contributed by atoms with Crippen molar-refractivity contribution in [1.29, 1.82) is 0 Å². The zero-order chi connectivity index (χ0) is 11.4. The van der Waals surface area contributed by atoms with E-state index in [1.165, 1.54) is 11.8 Å². The van der Waals surface area contributed by atoms with Crippen LogP contribution in [0.3, 0.4) is 0 Å². The summed E-state index contributed by atoms with van der Waals surface area (Å²) in [7, 11) is 0. The molecule has 0 aromatic carbocycles. The van der Waals surface area contributed by atoms with Crippen molar-refractivity contribution >= 4 is 29.3 Å². The summed E-state index contributed by atoms with van der Waals surface area (Å²) in [6.07, 6.45) is 5.77. The number of ketones is 1. The molecule has 1 fully saturated rings. The van der Waals surface area contributed by atoms with E-state index in [1.54, 1.807) is 11.8 Å². The molecule has 1 aromatic rings. The van der Waals surface area contributed by atoms with Gasteiger partial charge in [-0.1, -0.05) is 18.2 Å². The first kappa shape index (κ1) is 12.0. The first-order valence-corrected chi connectivity index (χ1v) is 7.57. The zero-order valence-electron chi connectivity index (χ0n) is 9.14. The van der Waals surface area contributed by atoms with Gasteiger partial charge in [0.15, 0.2) is 0 Å². The average Bonchev–Trinajstić information content (AvgIpc) is 2.70. The molecule has 0 aliphatic heterocycles. The highest BCUT2D eigenvalue weighted by Crippen LogP contribution is 2.30. The summed E-state index contributed by atoms with van der Waals surface area (Å²) in [6.45, 7) is 0. The lowest BCUT2D eigenvalue weighted by molar-refractivity contribution is -0.119. The molecule has 1 aliphatic rings. The molecule has 1 heterocycles. The molecule has 0 bridgehead atoms. The summed E-state index contributed by atoms with van der Waals surface area (Å²) in [5.74, 6) is 1.69. The van der Waals surface area contributed by atoms with Gasteiger partial charge in [0.1, 0.15) is 5.78 Å². The van der Waals surface area contributed by atoms with Gasteiger partial charge in [0.2, 0.25) is 5.89 Å². The van der Waals surface area contributed by atoms with Crippen LogP contribution in [0.15, 0.2) is 9.64 Å². The van der Waals surface area contributed by atoms with E-state index in [2.05, 4.69) is 10.2 Å². The summed E-state index contributed by atoms with van der Waals surface area (Å²) < 4.78 is 5.44. The Labute approximate surface area is 103 Å². The van der Waals surface area contributed by atoms with Gasteiger partial charge in [-0.25, -0.2) is 0 Å². The largest absolute Gasteiger partial charge is 0.415 e. The third-order valence-corrected chi connectivity index (χ3v) is 4.14. The van der Waals surface area contributed by atoms with Crippen LogP contribution in [0.5, 0.6) is 0 Å². The fourth-order valence-corrected chi connectivity index (χ4v) is 3.04. The SMILES string of the molecule is CSCc1nnc(SC2CCCCC2=O)o1. The van der Waals surface area contributed by atoms with Crippen molar-refractivity contribution in [3.05, 3.63) is 5.89 Å². The van der Waals surface area contributed by atoms with E-state index in [4.69, 9.17) is 4.42 Å². The van der Waals surface area contributed by atoms with E-state index >= 15 is 0 Å². The molecule has 16 heavy (non-hydrogen) atoms. The van der Waals surface area contributed by atoms with Crippen LogP contribution in [-0.2, 0) is 10.5 Å². The van der Waals surface area contributed by atoms with Gasteiger partial charge in [-0.3, -0.25) is 4.79 Å². The number of carbonyl (C=O) groups excluding carboxylic acids is 1. The molecule has 2 rings (SSSR count). The normalized spacial score (nSPS) is 21.3. The summed E-state index contributed by atoms with van der Waals surface area (Å²) in [4.78, 5) is 11.6. The quantitative estimate of drug-likeness (QED) is 0.827. The first-order chi connectivity index (χ1) is 7.79. The van der Waals surface area contributed by atoms with Crippen molar-refractivity contribution in [3.63, 3.8) is 0 Å². The van der Waals surface area contributed by atoms with Gasteiger partial charge >= 0.3 is 0 Å². The number of Topliss-reactive ketones (excluding diaryl/α,β-unsaturated/α-hetero) is 1. The third-order valence-electron chi connectivity index (χ3n) is 2.46. The molecular weight excluding hydrogens is 244 g/mol. The van der Waals surface area contributed by atoms with Gasteiger partial charge in [0.05, 0.1) is 11.0 Å². The van der Waals surface area contributed by atoms with Crippen LogP contribution in [0.2, 0.25) is 0 Å². The number of rotatable bonds is 4. The minimum atomic E-state index is 0.0244. The molecule has 1 saturated carbocycles. The van der Waals surface area contributed by atoms with Gasteiger partial charge in [0.25, 0.3) is 5.22 Å². The minimum absolute atomic E-state index is 0.0244. The Morgan fingerprint density at radius 3 is 3.06 bits per heavy atom. The average molecular weight is 258 g/mol. The fourth-order valence-electron chi connectivity index (χ4n) is 1.66. The van der Waals surface area contributed by atoms with Crippen molar-refractivity contribution in [2.45, 2.75) is 41.9 Å². The Morgan fingerprint density at radius 1 is 1.44 bits per heavy atom. The van der Waals surface area contributed by atoms with Crippen molar-refractivity contribution < 1.29 is 9.21 Å². The van der Waals surface area contributed by atoms with Gasteiger partial charge < -0.3 is 4.42 Å². The van der Waals surface area contributed by atoms with Crippen LogP contribution in [0.4, 0.5) is 0 Å². The monoisotopic (exact) mass is 258 g/mol. The standard InChI is InChI=1S/C10H14N2O2S2/c1-15-6-9-11-12-10(14-9)16-8-5-3-2-4-7(8)13/h8H,2-6H2,1H3. The number of hydrogen-bond acceptors (Lipinski definition) is 6. The third kappa shape index (κ3) is 3.01. The molecule has 1 aliphatic carbocycles. The van der Waals surface area contributed by atoms with Crippen molar-refractivity contribution in [2.24, 2.45) is 0 Å². The molecule has 88 valence electrons. The van der Waals surface area contributed by atoms with Crippen LogP contribution >= 0.6 is 23.5 Å². The van der Waals surface area contributed by atoms with Crippen LogP contribution in [-0.4, -0.2) is 27.5 Å². The van der Waals surface area contributed by atoms with Crippen LogP contribution in [0.1, 0.15) is 31.6 Å². The maximum absolute atomic E-state index is 11.6. The predicted molar refractivity (Wildman–Crippen MR) is 64.6 cm³/mol. The Morgan fingerprint density at radius 2 is 2.31 bits per heavy atom. The molecule has 1 aromatic heterocycles. The molecule has 0 amide bonds. The second-order valence-corrected chi connectivity index (χ2v) is 5.73. The minimum Gasteiger partial charge on any atom is -0.415 e. The van der Waals surface area contributed by atoms with Gasteiger partial charge in [-0.05, 0) is 19.1 Å². The predicted octanol–water partition coefficient (Wildman–Crippen LogP) is 2.54. The Hall–Kier alpha value is -0.490. The molecule has 0 spiro atoms. The zero-order valence-corrected chi connectivity index (χ0v) is 10.8. The summed E-state index contributed by atoms with van der Waals surface area (Å²) >= 11 is 3.06. The van der Waals surface area contributed by atoms with E-state index in [1.807, 2.05) is 6.26 Å². The lowest BCUT2D eigenvalue weighted by Gasteiger charge is -2.17. The highest BCUT2D eigenvalue weighted by Gasteiger charge is 2.25. The fraction of sp³-hybridized carbons (Fsp3) is 0.700. The lowest BCUT2D eigenvalue weighted by Crippen LogP contribution is -2.21. The number of nitrogens with zero attached hydrogens (tertiary/aromatic N) is 2. The Bertz CT molecular complexity index is 367. The van der Waals surface area contributed by atoms with Crippen LogP contribution in [0, 0.1) is 0 Å². The van der Waals surface area contributed by atoms with E-state index in [9.17, 15) is 4.79 Å². The molecule has 0 radical (unpaired) electrons.